The fraction of sp³-hybridized carbons (Fsp3) is 0.526. The lowest BCUT2D eigenvalue weighted by Crippen LogP contribution is -2.29. The van der Waals surface area contributed by atoms with Crippen LogP contribution in [0.1, 0.15) is 44.0 Å². The largest absolute Gasteiger partial charge is 0.374 e. The van der Waals surface area contributed by atoms with E-state index in [1.165, 1.54) is 12.8 Å². The van der Waals surface area contributed by atoms with Crippen molar-refractivity contribution in [3.05, 3.63) is 42.0 Å². The molecular weight excluding hydrogens is 330 g/mol. The van der Waals surface area contributed by atoms with E-state index in [1.54, 1.807) is 10.9 Å². The number of carbonyl (C=O) groups excluding carboxylic acids is 1. The second kappa shape index (κ2) is 8.80. The van der Waals surface area contributed by atoms with Crippen LogP contribution in [0, 0.1) is 5.92 Å². The van der Waals surface area contributed by atoms with Crippen LogP contribution in [0.3, 0.4) is 0 Å². The average Bonchev–Trinajstić information content (AvgIpc) is 3.04. The van der Waals surface area contributed by atoms with E-state index in [0.717, 1.165) is 30.0 Å². The zero-order valence-electron chi connectivity index (χ0n) is 15.4. The summed E-state index contributed by atoms with van der Waals surface area (Å²) < 4.78 is 7.83. The minimum absolute atomic E-state index is 0.271. The Kier molecular flexibility index (Phi) is 6.22. The highest BCUT2D eigenvalue weighted by atomic mass is 16.5. The number of nitrogens with one attached hydrogen (secondary N) is 2. The third-order valence-corrected chi connectivity index (χ3v) is 4.77. The minimum atomic E-state index is -0.271. The molecule has 1 fully saturated rings. The molecule has 2 N–H and O–H groups in total. The number of amides is 2. The maximum absolute atomic E-state index is 12.1. The van der Waals surface area contributed by atoms with Crippen molar-refractivity contribution in [2.45, 2.75) is 51.9 Å². The van der Waals surface area contributed by atoms with Crippen molar-refractivity contribution in [2.75, 3.05) is 5.32 Å². The van der Waals surface area contributed by atoms with E-state index in [9.17, 15) is 4.79 Å². The molecule has 0 aliphatic heterocycles. The highest BCUT2D eigenvalue weighted by molar-refractivity contribution is 5.89. The molecule has 7 heteroatoms. The van der Waals surface area contributed by atoms with E-state index >= 15 is 0 Å². The van der Waals surface area contributed by atoms with Crippen molar-refractivity contribution >= 4 is 11.7 Å². The standard InChI is InChI=1S/C19H27N5O2/c1-14-5-3-8-17(9-14)26-12-15-6-4-7-16(10-15)22-19(25)20-11-18-23-21-13-24(18)2/h4,6-7,10,13-14,17H,3,5,8-9,11-12H2,1-2H3,(H2,20,22,25)/t14-,17-/m0/s1. The van der Waals surface area contributed by atoms with Crippen LogP contribution in [-0.4, -0.2) is 26.9 Å². The summed E-state index contributed by atoms with van der Waals surface area (Å²) in [5.41, 5.74) is 1.81. The Balaban J connectivity index is 1.47. The van der Waals surface area contributed by atoms with Gasteiger partial charge in [0.25, 0.3) is 0 Å². The average molecular weight is 357 g/mol. The van der Waals surface area contributed by atoms with Crippen LogP contribution in [0.25, 0.3) is 0 Å². The summed E-state index contributed by atoms with van der Waals surface area (Å²) in [7, 11) is 1.84. The number of hydrogen-bond donors (Lipinski definition) is 2. The first-order chi connectivity index (χ1) is 12.6. The van der Waals surface area contributed by atoms with Gasteiger partial charge < -0.3 is 19.9 Å². The molecule has 140 valence electrons. The van der Waals surface area contributed by atoms with Gasteiger partial charge >= 0.3 is 6.03 Å². The third kappa shape index (κ3) is 5.29. The number of ether oxygens (including phenoxy) is 1. The van der Waals surface area contributed by atoms with Crippen molar-refractivity contribution in [2.24, 2.45) is 13.0 Å². The van der Waals surface area contributed by atoms with Gasteiger partial charge in [0.15, 0.2) is 5.82 Å². The van der Waals surface area contributed by atoms with E-state index in [-0.39, 0.29) is 6.03 Å². The Morgan fingerprint density at radius 1 is 1.38 bits per heavy atom. The minimum Gasteiger partial charge on any atom is -0.374 e. The molecule has 1 aliphatic carbocycles. The number of hydrogen-bond acceptors (Lipinski definition) is 4. The van der Waals surface area contributed by atoms with Gasteiger partial charge in [-0.15, -0.1) is 10.2 Å². The highest BCUT2D eigenvalue weighted by Crippen LogP contribution is 2.26. The number of anilines is 1. The van der Waals surface area contributed by atoms with E-state index in [4.69, 9.17) is 4.74 Å². The van der Waals surface area contributed by atoms with Crippen LogP contribution in [0.4, 0.5) is 10.5 Å². The molecule has 1 aromatic carbocycles. The van der Waals surface area contributed by atoms with Gasteiger partial charge in [0, 0.05) is 12.7 Å². The number of benzene rings is 1. The van der Waals surface area contributed by atoms with Gasteiger partial charge in [0.05, 0.1) is 19.3 Å². The predicted molar refractivity (Wildman–Crippen MR) is 99.5 cm³/mol. The Morgan fingerprint density at radius 2 is 2.27 bits per heavy atom. The van der Waals surface area contributed by atoms with Gasteiger partial charge in [-0.3, -0.25) is 0 Å². The Labute approximate surface area is 154 Å². The molecule has 2 amide bonds. The Hall–Kier alpha value is -2.41. The zero-order chi connectivity index (χ0) is 18.4. The van der Waals surface area contributed by atoms with Crippen LogP contribution in [0.2, 0.25) is 0 Å². The molecule has 1 aliphatic rings. The molecule has 3 rings (SSSR count). The first-order valence-electron chi connectivity index (χ1n) is 9.18. The lowest BCUT2D eigenvalue weighted by molar-refractivity contribution is 0.00468. The molecule has 0 radical (unpaired) electrons. The molecular formula is C19H27N5O2. The lowest BCUT2D eigenvalue weighted by atomic mass is 9.89. The normalized spacial score (nSPS) is 19.9. The maximum atomic E-state index is 12.1. The quantitative estimate of drug-likeness (QED) is 0.832. The molecule has 0 spiro atoms. The Morgan fingerprint density at radius 3 is 3.04 bits per heavy atom. The molecule has 2 atom stereocenters. The van der Waals surface area contributed by atoms with Gasteiger partial charge in [0.1, 0.15) is 6.33 Å². The first kappa shape index (κ1) is 18.4. The summed E-state index contributed by atoms with van der Waals surface area (Å²) in [4.78, 5) is 12.1. The molecule has 7 nitrogen and oxygen atoms in total. The van der Waals surface area contributed by atoms with E-state index in [1.807, 2.05) is 31.3 Å². The number of aryl methyl sites for hydroxylation is 1. The molecule has 1 saturated carbocycles. The first-order valence-corrected chi connectivity index (χ1v) is 9.18. The van der Waals surface area contributed by atoms with Crippen LogP contribution in [0.5, 0.6) is 0 Å². The number of aromatic nitrogens is 3. The summed E-state index contributed by atoms with van der Waals surface area (Å²) in [6.07, 6.45) is 6.80. The fourth-order valence-corrected chi connectivity index (χ4v) is 3.28. The highest BCUT2D eigenvalue weighted by Gasteiger charge is 2.19. The summed E-state index contributed by atoms with van der Waals surface area (Å²) in [5, 5.41) is 13.3. The summed E-state index contributed by atoms with van der Waals surface area (Å²) in [6, 6.07) is 7.50. The molecule has 1 aromatic heterocycles. The van der Waals surface area contributed by atoms with Gasteiger partial charge in [-0.25, -0.2) is 4.79 Å². The van der Waals surface area contributed by atoms with Crippen LogP contribution in [0.15, 0.2) is 30.6 Å². The summed E-state index contributed by atoms with van der Waals surface area (Å²) >= 11 is 0. The van der Waals surface area contributed by atoms with E-state index < -0.39 is 0 Å². The lowest BCUT2D eigenvalue weighted by Gasteiger charge is -2.26. The summed E-state index contributed by atoms with van der Waals surface area (Å²) in [5.74, 6) is 1.45. The SMILES string of the molecule is C[C@H]1CCC[C@H](OCc2cccc(NC(=O)NCc3nncn3C)c2)C1. The topological polar surface area (TPSA) is 81.1 Å². The maximum Gasteiger partial charge on any atom is 0.319 e. The van der Waals surface area contributed by atoms with Crippen molar-refractivity contribution in [3.8, 4) is 0 Å². The smallest absolute Gasteiger partial charge is 0.319 e. The molecule has 26 heavy (non-hydrogen) atoms. The molecule has 2 aromatic rings. The van der Waals surface area contributed by atoms with E-state index in [2.05, 4.69) is 27.8 Å². The van der Waals surface area contributed by atoms with Gasteiger partial charge in [-0.2, -0.15) is 0 Å². The summed E-state index contributed by atoms with van der Waals surface area (Å²) in [6.45, 7) is 3.19. The van der Waals surface area contributed by atoms with Crippen molar-refractivity contribution < 1.29 is 9.53 Å². The second-order valence-corrected chi connectivity index (χ2v) is 7.07. The third-order valence-electron chi connectivity index (χ3n) is 4.77. The predicted octanol–water partition coefficient (Wildman–Crippen LogP) is 3.23. The number of rotatable bonds is 6. The van der Waals surface area contributed by atoms with Crippen LogP contribution >= 0.6 is 0 Å². The molecule has 1 heterocycles. The zero-order valence-corrected chi connectivity index (χ0v) is 15.4. The van der Waals surface area contributed by atoms with Gasteiger partial charge in [-0.05, 0) is 36.5 Å². The van der Waals surface area contributed by atoms with Crippen LogP contribution < -0.4 is 10.6 Å². The monoisotopic (exact) mass is 357 g/mol. The van der Waals surface area contributed by atoms with E-state index in [0.29, 0.717) is 25.1 Å². The van der Waals surface area contributed by atoms with Crippen molar-refractivity contribution in [1.82, 2.24) is 20.1 Å². The Bertz CT molecular complexity index is 730. The number of carbonyl (C=O) groups is 1. The number of nitrogens with zero attached hydrogens (tertiary/aromatic N) is 3. The van der Waals surface area contributed by atoms with Gasteiger partial charge in [0.2, 0.25) is 0 Å². The second-order valence-electron chi connectivity index (χ2n) is 7.07. The van der Waals surface area contributed by atoms with Crippen molar-refractivity contribution in [3.63, 3.8) is 0 Å². The molecule has 0 unspecified atom stereocenters. The fourth-order valence-electron chi connectivity index (χ4n) is 3.28. The van der Waals surface area contributed by atoms with Crippen LogP contribution in [-0.2, 0) is 24.9 Å². The molecule has 0 bridgehead atoms. The van der Waals surface area contributed by atoms with Gasteiger partial charge in [-0.1, -0.05) is 31.9 Å². The van der Waals surface area contributed by atoms with Crippen molar-refractivity contribution in [1.29, 1.82) is 0 Å². The number of urea groups is 1. The molecule has 0 saturated heterocycles.